The molecule has 0 radical (unpaired) electrons. The number of hydrogen-bond donors (Lipinski definition) is 2. The number of amides is 1. The molecule has 0 spiro atoms. The highest BCUT2D eigenvalue weighted by atomic mass is 16.5. The molecule has 3 aromatic rings. The fraction of sp³-hybridized carbons (Fsp3) is 0.423. The van der Waals surface area contributed by atoms with Crippen molar-refractivity contribution >= 4 is 11.7 Å². The minimum atomic E-state index is -0.331. The van der Waals surface area contributed by atoms with Gasteiger partial charge in [-0.25, -0.2) is 4.68 Å². The lowest BCUT2D eigenvalue weighted by molar-refractivity contribution is -0.117. The summed E-state index contributed by atoms with van der Waals surface area (Å²) in [5, 5.41) is 14.5. The number of H-pyrrole nitrogens is 1. The van der Waals surface area contributed by atoms with Crippen molar-refractivity contribution < 1.29 is 9.53 Å². The smallest absolute Gasteiger partial charge is 0.232 e. The molecular formula is C26H35N5O2. The molecule has 0 bridgehead atoms. The topological polar surface area (TPSA) is 84.8 Å². The summed E-state index contributed by atoms with van der Waals surface area (Å²) in [4.78, 5) is 12.6. The van der Waals surface area contributed by atoms with Gasteiger partial charge in [-0.05, 0) is 57.7 Å². The molecule has 7 nitrogen and oxygen atoms in total. The van der Waals surface area contributed by atoms with Gasteiger partial charge in [0.15, 0.2) is 5.82 Å². The summed E-state index contributed by atoms with van der Waals surface area (Å²) in [7, 11) is 1.67. The summed E-state index contributed by atoms with van der Waals surface area (Å²) < 4.78 is 6.96. The van der Waals surface area contributed by atoms with E-state index in [2.05, 4.69) is 47.5 Å². The van der Waals surface area contributed by atoms with E-state index in [4.69, 9.17) is 4.74 Å². The number of aromatic amines is 1. The molecule has 1 aliphatic carbocycles. The molecule has 1 aromatic carbocycles. The Morgan fingerprint density at radius 1 is 1.36 bits per heavy atom. The Hall–Kier alpha value is -3.19. The highest BCUT2D eigenvalue weighted by Crippen LogP contribution is 2.39. The Bertz CT molecular complexity index is 1080. The monoisotopic (exact) mass is 449 g/mol. The lowest BCUT2D eigenvalue weighted by atomic mass is 10.0. The minimum absolute atomic E-state index is 0.100. The van der Waals surface area contributed by atoms with Gasteiger partial charge < -0.3 is 10.1 Å². The van der Waals surface area contributed by atoms with Gasteiger partial charge in [-0.1, -0.05) is 30.7 Å². The molecule has 1 atom stereocenters. The van der Waals surface area contributed by atoms with Gasteiger partial charge in [0.25, 0.3) is 0 Å². The summed E-state index contributed by atoms with van der Waals surface area (Å²) in [5.74, 6) is 0.722. The maximum atomic E-state index is 12.6. The Morgan fingerprint density at radius 3 is 2.79 bits per heavy atom. The number of rotatable bonds is 8. The SMILES string of the molecule is C/C=C(\C)CC.COCc1cccc(-n2cc(C(C)C(=O)Nc3cc(C4CC4)[nH]n3)cn2)c1. The lowest BCUT2D eigenvalue weighted by Crippen LogP contribution is -2.18. The number of ether oxygens (including phenoxy) is 1. The Morgan fingerprint density at radius 2 is 2.15 bits per heavy atom. The summed E-state index contributed by atoms with van der Waals surface area (Å²) in [6, 6.07) is 9.90. The van der Waals surface area contributed by atoms with Gasteiger partial charge in [-0.2, -0.15) is 10.2 Å². The number of nitrogens with one attached hydrogen (secondary N) is 2. The van der Waals surface area contributed by atoms with Crippen LogP contribution in [0.15, 0.2) is 54.4 Å². The third-order valence-corrected chi connectivity index (χ3v) is 5.90. The summed E-state index contributed by atoms with van der Waals surface area (Å²) in [5.41, 5.74) is 5.42. The molecule has 1 fully saturated rings. The zero-order chi connectivity index (χ0) is 23.8. The van der Waals surface area contributed by atoms with Crippen LogP contribution < -0.4 is 5.32 Å². The number of methoxy groups -OCH3 is 1. The second-order valence-electron chi connectivity index (χ2n) is 8.50. The zero-order valence-corrected chi connectivity index (χ0v) is 20.3. The zero-order valence-electron chi connectivity index (χ0n) is 20.3. The van der Waals surface area contributed by atoms with E-state index >= 15 is 0 Å². The van der Waals surface area contributed by atoms with Gasteiger partial charge in [0.05, 0.1) is 24.4 Å². The predicted molar refractivity (Wildman–Crippen MR) is 132 cm³/mol. The van der Waals surface area contributed by atoms with E-state index in [1.54, 1.807) is 18.0 Å². The second kappa shape index (κ2) is 11.6. The molecule has 2 heterocycles. The minimum Gasteiger partial charge on any atom is -0.380 e. The maximum absolute atomic E-state index is 12.6. The number of benzene rings is 1. The molecule has 4 rings (SSSR count). The normalized spacial score (nSPS) is 14.4. The summed E-state index contributed by atoms with van der Waals surface area (Å²) >= 11 is 0. The third kappa shape index (κ3) is 6.89. The molecule has 1 unspecified atom stereocenters. The highest BCUT2D eigenvalue weighted by Gasteiger charge is 2.26. The number of anilines is 1. The van der Waals surface area contributed by atoms with E-state index in [9.17, 15) is 4.79 Å². The van der Waals surface area contributed by atoms with Crippen molar-refractivity contribution in [3.63, 3.8) is 0 Å². The van der Waals surface area contributed by atoms with E-state index in [-0.39, 0.29) is 11.8 Å². The molecule has 0 saturated heterocycles. The first kappa shape index (κ1) is 24.5. The molecule has 7 heteroatoms. The van der Waals surface area contributed by atoms with Crippen molar-refractivity contribution in [2.45, 2.75) is 65.4 Å². The van der Waals surface area contributed by atoms with Crippen molar-refractivity contribution in [3.8, 4) is 5.69 Å². The van der Waals surface area contributed by atoms with Crippen molar-refractivity contribution in [1.29, 1.82) is 0 Å². The molecule has 1 amide bonds. The van der Waals surface area contributed by atoms with Crippen LogP contribution in [0.1, 0.15) is 75.6 Å². The van der Waals surface area contributed by atoms with Gasteiger partial charge in [0.1, 0.15) is 0 Å². The van der Waals surface area contributed by atoms with Crippen LogP contribution in [0.3, 0.4) is 0 Å². The third-order valence-electron chi connectivity index (χ3n) is 5.90. The van der Waals surface area contributed by atoms with E-state index in [0.717, 1.165) is 22.5 Å². The number of allylic oxidation sites excluding steroid dienone is 2. The fourth-order valence-corrected chi connectivity index (χ4v) is 3.25. The van der Waals surface area contributed by atoms with Crippen LogP contribution in [0.5, 0.6) is 0 Å². The van der Waals surface area contributed by atoms with E-state index in [0.29, 0.717) is 18.3 Å². The van der Waals surface area contributed by atoms with Crippen LogP contribution in [0.4, 0.5) is 5.82 Å². The molecule has 1 aliphatic rings. The predicted octanol–water partition coefficient (Wildman–Crippen LogP) is 5.72. The number of hydrogen-bond acceptors (Lipinski definition) is 4. The van der Waals surface area contributed by atoms with Crippen LogP contribution >= 0.6 is 0 Å². The van der Waals surface area contributed by atoms with Gasteiger partial charge in [-0.3, -0.25) is 9.89 Å². The molecule has 2 N–H and O–H groups in total. The van der Waals surface area contributed by atoms with Crippen LogP contribution in [0, 0.1) is 0 Å². The molecular weight excluding hydrogens is 414 g/mol. The summed E-state index contributed by atoms with van der Waals surface area (Å²) in [6.45, 7) is 8.79. The number of carbonyl (C=O) groups excluding carboxylic acids is 1. The van der Waals surface area contributed by atoms with Crippen molar-refractivity contribution in [2.24, 2.45) is 0 Å². The van der Waals surface area contributed by atoms with Crippen LogP contribution in [0.2, 0.25) is 0 Å². The van der Waals surface area contributed by atoms with Gasteiger partial charge >= 0.3 is 0 Å². The molecule has 0 aliphatic heterocycles. The Balaban J connectivity index is 0.000000454. The largest absolute Gasteiger partial charge is 0.380 e. The van der Waals surface area contributed by atoms with Crippen LogP contribution in [-0.4, -0.2) is 33.0 Å². The highest BCUT2D eigenvalue weighted by molar-refractivity contribution is 5.94. The van der Waals surface area contributed by atoms with Crippen molar-refractivity contribution in [3.05, 3.63) is 71.2 Å². The van der Waals surface area contributed by atoms with Crippen molar-refractivity contribution in [1.82, 2.24) is 20.0 Å². The van der Waals surface area contributed by atoms with Gasteiger partial charge in [0, 0.05) is 36.5 Å². The van der Waals surface area contributed by atoms with E-state index in [1.807, 2.05) is 43.5 Å². The Kier molecular flexibility index (Phi) is 8.60. The average Bonchev–Trinajstić information content (AvgIpc) is 3.37. The first-order valence-electron chi connectivity index (χ1n) is 11.6. The molecule has 1 saturated carbocycles. The fourth-order valence-electron chi connectivity index (χ4n) is 3.25. The lowest BCUT2D eigenvalue weighted by Gasteiger charge is -2.08. The van der Waals surface area contributed by atoms with Crippen LogP contribution in [0.25, 0.3) is 5.69 Å². The van der Waals surface area contributed by atoms with Crippen LogP contribution in [-0.2, 0) is 16.1 Å². The molecule has 176 valence electrons. The van der Waals surface area contributed by atoms with Gasteiger partial charge in [-0.15, -0.1) is 0 Å². The van der Waals surface area contributed by atoms with E-state index in [1.165, 1.54) is 24.8 Å². The second-order valence-corrected chi connectivity index (χ2v) is 8.50. The number of aromatic nitrogens is 4. The van der Waals surface area contributed by atoms with Gasteiger partial charge in [0.2, 0.25) is 5.91 Å². The molecule has 33 heavy (non-hydrogen) atoms. The molecule has 2 aromatic heterocycles. The number of carbonyl (C=O) groups is 1. The summed E-state index contributed by atoms with van der Waals surface area (Å²) in [6.07, 6.45) is 9.33. The maximum Gasteiger partial charge on any atom is 0.232 e. The first-order valence-corrected chi connectivity index (χ1v) is 11.6. The first-order chi connectivity index (χ1) is 15.9. The van der Waals surface area contributed by atoms with E-state index < -0.39 is 0 Å². The quantitative estimate of drug-likeness (QED) is 0.431. The standard InChI is InChI=1S/C20H23N5O2.C6H12/c1-13(20(26)22-19-9-18(23-24-19)15-6-7-15)16-10-21-25(11-16)17-5-3-4-14(8-17)12-27-2;1-4-6(3)5-2/h3-5,8-11,13,15H,6-7,12H2,1-2H3,(H2,22,23,24,26);4H,5H2,1-3H3/b;6-4+. The number of nitrogens with zero attached hydrogens (tertiary/aromatic N) is 3. The Labute approximate surface area is 196 Å². The van der Waals surface area contributed by atoms with Crippen molar-refractivity contribution in [2.75, 3.05) is 12.4 Å². The average molecular weight is 450 g/mol.